The summed E-state index contributed by atoms with van der Waals surface area (Å²) in [4.78, 5) is 12.1. The van der Waals surface area contributed by atoms with Crippen molar-refractivity contribution in [1.29, 1.82) is 0 Å². The molecule has 3 nitrogen and oxygen atoms in total. The second kappa shape index (κ2) is 5.78. The van der Waals surface area contributed by atoms with Gasteiger partial charge in [-0.15, -0.1) is 11.8 Å². The molecule has 0 amide bonds. The van der Waals surface area contributed by atoms with Crippen LogP contribution in [-0.2, 0) is 16.1 Å². The quantitative estimate of drug-likeness (QED) is 0.628. The fourth-order valence-electron chi connectivity index (χ4n) is 1.09. The highest BCUT2D eigenvalue weighted by Crippen LogP contribution is 2.24. The van der Waals surface area contributed by atoms with Crippen molar-refractivity contribution < 1.29 is 14.6 Å². The van der Waals surface area contributed by atoms with E-state index in [0.717, 1.165) is 10.5 Å². The van der Waals surface area contributed by atoms with Crippen LogP contribution in [-0.4, -0.2) is 23.4 Å². The SMILES string of the molecule is COC(=O)C(C)Sc1ccc(CO)cc1. The van der Waals surface area contributed by atoms with Crippen LogP contribution < -0.4 is 0 Å². The minimum absolute atomic E-state index is 0.0392. The van der Waals surface area contributed by atoms with E-state index in [1.54, 1.807) is 6.92 Å². The molecular weight excluding hydrogens is 212 g/mol. The number of aliphatic hydroxyl groups excluding tert-OH is 1. The third-order valence-electron chi connectivity index (χ3n) is 1.95. The number of esters is 1. The smallest absolute Gasteiger partial charge is 0.318 e. The first-order valence-electron chi connectivity index (χ1n) is 4.61. The highest BCUT2D eigenvalue weighted by Gasteiger charge is 2.13. The van der Waals surface area contributed by atoms with Crippen LogP contribution in [0.5, 0.6) is 0 Å². The molecule has 0 fully saturated rings. The zero-order valence-corrected chi connectivity index (χ0v) is 9.58. The van der Waals surface area contributed by atoms with Crippen LogP contribution in [0.15, 0.2) is 29.2 Å². The van der Waals surface area contributed by atoms with Crippen LogP contribution >= 0.6 is 11.8 Å². The molecule has 0 aliphatic carbocycles. The van der Waals surface area contributed by atoms with E-state index in [4.69, 9.17) is 5.11 Å². The van der Waals surface area contributed by atoms with E-state index in [0.29, 0.717) is 0 Å². The molecule has 1 unspecified atom stereocenters. The highest BCUT2D eigenvalue weighted by molar-refractivity contribution is 8.00. The van der Waals surface area contributed by atoms with Gasteiger partial charge in [-0.2, -0.15) is 0 Å². The Morgan fingerprint density at radius 3 is 2.53 bits per heavy atom. The second-order valence-electron chi connectivity index (χ2n) is 3.09. The molecule has 0 saturated heterocycles. The number of methoxy groups -OCH3 is 1. The maximum Gasteiger partial charge on any atom is 0.318 e. The lowest BCUT2D eigenvalue weighted by Gasteiger charge is -2.08. The number of benzene rings is 1. The molecule has 0 aliphatic rings. The van der Waals surface area contributed by atoms with Gasteiger partial charge in [0.15, 0.2) is 0 Å². The molecule has 1 aromatic rings. The third-order valence-corrected chi connectivity index (χ3v) is 3.04. The Kier molecular flexibility index (Phi) is 4.65. The Bertz CT molecular complexity index is 321. The van der Waals surface area contributed by atoms with Gasteiger partial charge in [0.2, 0.25) is 0 Å². The number of ether oxygens (including phenoxy) is 1. The van der Waals surface area contributed by atoms with Crippen molar-refractivity contribution in [2.75, 3.05) is 7.11 Å². The topological polar surface area (TPSA) is 46.5 Å². The van der Waals surface area contributed by atoms with E-state index in [1.165, 1.54) is 18.9 Å². The number of rotatable bonds is 4. The molecule has 0 radical (unpaired) electrons. The Morgan fingerprint density at radius 1 is 1.47 bits per heavy atom. The number of carbonyl (C=O) groups excluding carboxylic acids is 1. The molecule has 0 aromatic heterocycles. The van der Waals surface area contributed by atoms with Gasteiger partial charge in [-0.05, 0) is 24.6 Å². The van der Waals surface area contributed by atoms with Gasteiger partial charge in [0.1, 0.15) is 5.25 Å². The molecule has 0 spiro atoms. The molecular formula is C11H14O3S. The first-order valence-corrected chi connectivity index (χ1v) is 5.49. The first kappa shape index (κ1) is 12.1. The predicted octanol–water partition coefficient (Wildman–Crippen LogP) is 1.83. The third kappa shape index (κ3) is 3.57. The summed E-state index contributed by atoms with van der Waals surface area (Å²) in [5, 5.41) is 8.64. The Labute approximate surface area is 93.4 Å². The molecule has 1 N–H and O–H groups in total. The minimum atomic E-state index is -0.230. The van der Waals surface area contributed by atoms with Crippen LogP contribution in [0.3, 0.4) is 0 Å². The maximum atomic E-state index is 11.2. The van der Waals surface area contributed by atoms with Crippen LogP contribution in [0.4, 0.5) is 0 Å². The number of carbonyl (C=O) groups is 1. The summed E-state index contributed by atoms with van der Waals surface area (Å²) in [6, 6.07) is 7.45. The minimum Gasteiger partial charge on any atom is -0.468 e. The van der Waals surface area contributed by atoms with Gasteiger partial charge in [-0.25, -0.2) is 0 Å². The van der Waals surface area contributed by atoms with Gasteiger partial charge in [0, 0.05) is 4.90 Å². The molecule has 82 valence electrons. The highest BCUT2D eigenvalue weighted by atomic mass is 32.2. The Balaban J connectivity index is 2.60. The van der Waals surface area contributed by atoms with E-state index < -0.39 is 0 Å². The summed E-state index contributed by atoms with van der Waals surface area (Å²) in [6.45, 7) is 1.84. The van der Waals surface area contributed by atoms with Crippen LogP contribution in [0.25, 0.3) is 0 Å². The molecule has 0 aliphatic heterocycles. The molecule has 1 aromatic carbocycles. The van der Waals surface area contributed by atoms with Crippen molar-refractivity contribution >= 4 is 17.7 Å². The van der Waals surface area contributed by atoms with E-state index in [1.807, 2.05) is 24.3 Å². The number of hydrogen-bond acceptors (Lipinski definition) is 4. The lowest BCUT2D eigenvalue weighted by Crippen LogP contribution is -2.14. The predicted molar refractivity (Wildman–Crippen MR) is 59.7 cm³/mol. The normalized spacial score (nSPS) is 12.2. The van der Waals surface area contributed by atoms with Crippen LogP contribution in [0.2, 0.25) is 0 Å². The van der Waals surface area contributed by atoms with Gasteiger partial charge in [-0.3, -0.25) is 4.79 Å². The summed E-state index contributed by atoms with van der Waals surface area (Å²) >= 11 is 1.44. The molecule has 0 heterocycles. The van der Waals surface area contributed by atoms with E-state index >= 15 is 0 Å². The van der Waals surface area contributed by atoms with E-state index in [-0.39, 0.29) is 17.8 Å². The lowest BCUT2D eigenvalue weighted by molar-refractivity contribution is -0.139. The van der Waals surface area contributed by atoms with Crippen LogP contribution in [0, 0.1) is 0 Å². The number of thioether (sulfide) groups is 1. The average Bonchev–Trinajstić information content (AvgIpc) is 2.29. The summed E-state index contributed by atoms with van der Waals surface area (Å²) < 4.78 is 4.63. The van der Waals surface area contributed by atoms with Gasteiger partial charge in [0.25, 0.3) is 0 Å². The Hall–Kier alpha value is -1.00. The fourth-order valence-corrected chi connectivity index (χ4v) is 1.99. The maximum absolute atomic E-state index is 11.2. The second-order valence-corrected chi connectivity index (χ2v) is 4.50. The molecule has 4 heteroatoms. The van der Waals surface area contributed by atoms with Crippen molar-refractivity contribution in [1.82, 2.24) is 0 Å². The van der Waals surface area contributed by atoms with Gasteiger partial charge in [-0.1, -0.05) is 12.1 Å². The van der Waals surface area contributed by atoms with Crippen molar-refractivity contribution in [3.63, 3.8) is 0 Å². The van der Waals surface area contributed by atoms with Crippen molar-refractivity contribution in [3.8, 4) is 0 Å². The summed E-state index contributed by atoms with van der Waals surface area (Å²) in [5.41, 5.74) is 0.866. The summed E-state index contributed by atoms with van der Waals surface area (Å²) in [5.74, 6) is -0.230. The standard InChI is InChI=1S/C11H14O3S/c1-8(11(13)14-2)15-10-5-3-9(7-12)4-6-10/h3-6,8,12H,7H2,1-2H3. The zero-order chi connectivity index (χ0) is 11.3. The fraction of sp³-hybridized carbons (Fsp3) is 0.364. The largest absolute Gasteiger partial charge is 0.468 e. The van der Waals surface area contributed by atoms with E-state index in [2.05, 4.69) is 4.74 Å². The molecule has 15 heavy (non-hydrogen) atoms. The van der Waals surface area contributed by atoms with Crippen LogP contribution in [0.1, 0.15) is 12.5 Å². The molecule has 1 atom stereocenters. The lowest BCUT2D eigenvalue weighted by atomic mass is 10.2. The molecule has 0 bridgehead atoms. The number of hydrogen-bond donors (Lipinski definition) is 1. The summed E-state index contributed by atoms with van der Waals surface area (Å²) in [7, 11) is 1.38. The average molecular weight is 226 g/mol. The van der Waals surface area contributed by atoms with Gasteiger partial charge >= 0.3 is 5.97 Å². The van der Waals surface area contributed by atoms with Crippen molar-refractivity contribution in [2.45, 2.75) is 23.7 Å². The number of aliphatic hydroxyl groups is 1. The Morgan fingerprint density at radius 2 is 2.07 bits per heavy atom. The molecule has 0 saturated carbocycles. The van der Waals surface area contributed by atoms with E-state index in [9.17, 15) is 4.79 Å². The molecule has 1 rings (SSSR count). The van der Waals surface area contributed by atoms with Crippen molar-refractivity contribution in [3.05, 3.63) is 29.8 Å². The van der Waals surface area contributed by atoms with Gasteiger partial charge in [0.05, 0.1) is 13.7 Å². The first-order chi connectivity index (χ1) is 7.17. The summed E-state index contributed by atoms with van der Waals surface area (Å²) in [6.07, 6.45) is 0. The van der Waals surface area contributed by atoms with Crippen molar-refractivity contribution in [2.24, 2.45) is 0 Å². The zero-order valence-electron chi connectivity index (χ0n) is 8.77. The monoisotopic (exact) mass is 226 g/mol. The van der Waals surface area contributed by atoms with Gasteiger partial charge < -0.3 is 9.84 Å².